The Bertz CT molecular complexity index is 441. The van der Waals surface area contributed by atoms with Gasteiger partial charge in [-0.15, -0.1) is 0 Å². The molecule has 1 fully saturated rings. The number of rotatable bonds is 5. The quantitative estimate of drug-likeness (QED) is 0.837. The molecule has 0 bridgehead atoms. The van der Waals surface area contributed by atoms with E-state index in [0.29, 0.717) is 12.0 Å². The van der Waals surface area contributed by atoms with Crippen LogP contribution >= 0.6 is 0 Å². The van der Waals surface area contributed by atoms with Gasteiger partial charge in [0, 0.05) is 11.6 Å². The Hall–Kier alpha value is -1.35. The average Bonchev–Trinajstić information content (AvgIpc) is 2.49. The molecule has 0 spiro atoms. The van der Waals surface area contributed by atoms with Gasteiger partial charge in [0.25, 0.3) is 0 Å². The van der Waals surface area contributed by atoms with E-state index in [1.54, 1.807) is 7.11 Å². The molecule has 0 aliphatic heterocycles. The Kier molecular flexibility index (Phi) is 5.18. The fourth-order valence-electron chi connectivity index (χ4n) is 2.97. The summed E-state index contributed by atoms with van der Waals surface area (Å²) in [6.45, 7) is 4.25. The van der Waals surface area contributed by atoms with Gasteiger partial charge in [-0.3, -0.25) is 4.79 Å². The molecule has 1 aromatic rings. The average molecular weight is 275 g/mol. The van der Waals surface area contributed by atoms with E-state index in [4.69, 9.17) is 4.74 Å². The lowest BCUT2D eigenvalue weighted by molar-refractivity contribution is 0.0933. The Morgan fingerprint density at radius 3 is 2.50 bits per heavy atom. The highest BCUT2D eigenvalue weighted by Crippen LogP contribution is 2.24. The standard InChI is InChI=1S/C17H25NO2/c1-12-6-4-5-7-16(12)18-13(2)17(19)14-8-10-15(20-3)11-9-14/h8-13,16,18H,4-7H2,1-3H3. The molecule has 3 nitrogen and oxygen atoms in total. The molecule has 0 radical (unpaired) electrons. The third kappa shape index (κ3) is 3.60. The lowest BCUT2D eigenvalue weighted by Gasteiger charge is -2.31. The van der Waals surface area contributed by atoms with E-state index in [-0.39, 0.29) is 11.8 Å². The zero-order valence-electron chi connectivity index (χ0n) is 12.7. The van der Waals surface area contributed by atoms with Gasteiger partial charge in [-0.25, -0.2) is 0 Å². The normalized spacial score (nSPS) is 24.1. The Labute approximate surface area is 121 Å². The van der Waals surface area contributed by atoms with Crippen LogP contribution < -0.4 is 10.1 Å². The summed E-state index contributed by atoms with van der Waals surface area (Å²) in [4.78, 5) is 12.4. The first-order valence-electron chi connectivity index (χ1n) is 7.56. The van der Waals surface area contributed by atoms with Crippen molar-refractivity contribution in [2.45, 2.75) is 51.6 Å². The molecule has 1 saturated carbocycles. The molecule has 3 heteroatoms. The number of carbonyl (C=O) groups is 1. The second-order valence-electron chi connectivity index (χ2n) is 5.85. The van der Waals surface area contributed by atoms with Crippen molar-refractivity contribution in [3.05, 3.63) is 29.8 Å². The van der Waals surface area contributed by atoms with Crippen molar-refractivity contribution < 1.29 is 9.53 Å². The lowest BCUT2D eigenvalue weighted by Crippen LogP contribution is -2.45. The van der Waals surface area contributed by atoms with Crippen LogP contribution in [0.3, 0.4) is 0 Å². The van der Waals surface area contributed by atoms with Crippen molar-refractivity contribution >= 4 is 5.78 Å². The van der Waals surface area contributed by atoms with Crippen molar-refractivity contribution in [3.63, 3.8) is 0 Å². The minimum absolute atomic E-state index is 0.131. The highest BCUT2D eigenvalue weighted by atomic mass is 16.5. The van der Waals surface area contributed by atoms with E-state index in [2.05, 4.69) is 12.2 Å². The number of benzene rings is 1. The molecule has 0 saturated heterocycles. The maximum atomic E-state index is 12.4. The predicted octanol–water partition coefficient (Wildman–Crippen LogP) is 3.43. The molecule has 110 valence electrons. The van der Waals surface area contributed by atoms with Crippen LogP contribution in [-0.4, -0.2) is 25.0 Å². The predicted molar refractivity (Wildman–Crippen MR) is 81.3 cm³/mol. The van der Waals surface area contributed by atoms with E-state index in [1.165, 1.54) is 25.7 Å². The van der Waals surface area contributed by atoms with Gasteiger partial charge in [-0.2, -0.15) is 0 Å². The van der Waals surface area contributed by atoms with Gasteiger partial charge < -0.3 is 10.1 Å². The summed E-state index contributed by atoms with van der Waals surface area (Å²) in [5.74, 6) is 1.60. The van der Waals surface area contributed by atoms with Gasteiger partial charge in [-0.1, -0.05) is 19.8 Å². The van der Waals surface area contributed by atoms with E-state index in [1.807, 2.05) is 31.2 Å². The maximum absolute atomic E-state index is 12.4. The number of hydrogen-bond acceptors (Lipinski definition) is 3. The highest BCUT2D eigenvalue weighted by molar-refractivity contribution is 5.99. The summed E-state index contributed by atoms with van der Waals surface area (Å²) in [6, 6.07) is 7.69. The Balaban J connectivity index is 1.96. The summed E-state index contributed by atoms with van der Waals surface area (Å²) < 4.78 is 5.12. The van der Waals surface area contributed by atoms with Crippen molar-refractivity contribution in [2.75, 3.05) is 7.11 Å². The van der Waals surface area contributed by atoms with Crippen molar-refractivity contribution in [2.24, 2.45) is 5.92 Å². The molecular weight excluding hydrogens is 250 g/mol. The molecule has 1 aliphatic carbocycles. The first-order valence-corrected chi connectivity index (χ1v) is 7.56. The number of carbonyl (C=O) groups excluding carboxylic acids is 1. The number of ketones is 1. The molecule has 0 heterocycles. The summed E-state index contributed by atoms with van der Waals surface area (Å²) in [7, 11) is 1.63. The Morgan fingerprint density at radius 2 is 1.90 bits per heavy atom. The number of ether oxygens (including phenoxy) is 1. The fraction of sp³-hybridized carbons (Fsp3) is 0.588. The molecule has 20 heavy (non-hydrogen) atoms. The fourth-order valence-corrected chi connectivity index (χ4v) is 2.97. The van der Waals surface area contributed by atoms with Crippen LogP contribution in [0.2, 0.25) is 0 Å². The zero-order valence-corrected chi connectivity index (χ0v) is 12.7. The molecule has 1 aliphatic rings. The van der Waals surface area contributed by atoms with Gasteiger partial charge >= 0.3 is 0 Å². The van der Waals surface area contributed by atoms with Gasteiger partial charge in [0.15, 0.2) is 5.78 Å². The van der Waals surface area contributed by atoms with Gasteiger partial charge in [0.1, 0.15) is 5.75 Å². The topological polar surface area (TPSA) is 38.3 Å². The molecule has 3 atom stereocenters. The Morgan fingerprint density at radius 1 is 1.25 bits per heavy atom. The van der Waals surface area contributed by atoms with Crippen molar-refractivity contribution in [1.29, 1.82) is 0 Å². The largest absolute Gasteiger partial charge is 0.497 e. The monoisotopic (exact) mass is 275 g/mol. The van der Waals surface area contributed by atoms with Crippen LogP contribution in [-0.2, 0) is 0 Å². The van der Waals surface area contributed by atoms with Crippen LogP contribution in [0.5, 0.6) is 5.75 Å². The summed E-state index contributed by atoms with van der Waals surface area (Å²) in [5.41, 5.74) is 0.745. The molecule has 2 rings (SSSR count). The van der Waals surface area contributed by atoms with Crippen molar-refractivity contribution in [3.8, 4) is 5.75 Å². The third-order valence-electron chi connectivity index (χ3n) is 4.34. The second-order valence-corrected chi connectivity index (χ2v) is 5.85. The highest BCUT2D eigenvalue weighted by Gasteiger charge is 2.25. The third-order valence-corrected chi connectivity index (χ3v) is 4.34. The van der Waals surface area contributed by atoms with Crippen molar-refractivity contribution in [1.82, 2.24) is 5.32 Å². The van der Waals surface area contributed by atoms with Gasteiger partial charge in [0.2, 0.25) is 0 Å². The second kappa shape index (κ2) is 6.89. The van der Waals surface area contributed by atoms with Crippen LogP contribution in [0.25, 0.3) is 0 Å². The molecule has 0 amide bonds. The minimum Gasteiger partial charge on any atom is -0.497 e. The van der Waals surface area contributed by atoms with Crippen LogP contribution in [0, 0.1) is 5.92 Å². The first-order chi connectivity index (χ1) is 9.61. The smallest absolute Gasteiger partial charge is 0.179 e. The molecule has 1 aromatic carbocycles. The SMILES string of the molecule is COc1ccc(C(=O)C(C)NC2CCCCC2C)cc1. The van der Waals surface area contributed by atoms with Crippen LogP contribution in [0.1, 0.15) is 49.9 Å². The van der Waals surface area contributed by atoms with E-state index < -0.39 is 0 Å². The van der Waals surface area contributed by atoms with E-state index in [9.17, 15) is 4.79 Å². The van der Waals surface area contributed by atoms with E-state index in [0.717, 1.165) is 11.3 Å². The molecule has 0 aromatic heterocycles. The van der Waals surface area contributed by atoms with Gasteiger partial charge in [-0.05, 0) is 49.9 Å². The minimum atomic E-state index is -0.131. The summed E-state index contributed by atoms with van der Waals surface area (Å²) in [6.07, 6.45) is 5.04. The first kappa shape index (κ1) is 15.0. The molecule has 3 unspecified atom stereocenters. The number of hydrogen-bond donors (Lipinski definition) is 1. The number of nitrogens with one attached hydrogen (secondary N) is 1. The molecule has 1 N–H and O–H groups in total. The number of Topliss-reactive ketones (excluding diaryl/α,β-unsaturated/α-hetero) is 1. The maximum Gasteiger partial charge on any atom is 0.179 e. The zero-order chi connectivity index (χ0) is 14.5. The summed E-state index contributed by atoms with van der Waals surface area (Å²) >= 11 is 0. The van der Waals surface area contributed by atoms with Gasteiger partial charge in [0.05, 0.1) is 13.2 Å². The van der Waals surface area contributed by atoms with Crippen LogP contribution in [0.4, 0.5) is 0 Å². The van der Waals surface area contributed by atoms with E-state index >= 15 is 0 Å². The van der Waals surface area contributed by atoms with Crippen LogP contribution in [0.15, 0.2) is 24.3 Å². The summed E-state index contributed by atoms with van der Waals surface area (Å²) in [5, 5.41) is 3.51. The number of methoxy groups -OCH3 is 1. The molecular formula is C17H25NO2. The lowest BCUT2D eigenvalue weighted by atomic mass is 9.85.